The average Bonchev–Trinajstić information content (AvgIpc) is 2.28. The molecule has 0 aliphatic heterocycles. The number of rotatable bonds is 3. The predicted octanol–water partition coefficient (Wildman–Crippen LogP) is 3.06. The van der Waals surface area contributed by atoms with E-state index in [1.807, 2.05) is 0 Å². The van der Waals surface area contributed by atoms with Crippen molar-refractivity contribution in [2.24, 2.45) is 5.84 Å². The Morgan fingerprint density at radius 1 is 1.24 bits per heavy atom. The van der Waals surface area contributed by atoms with Gasteiger partial charge in [-0.05, 0) is 18.2 Å². The molecule has 88 valence electrons. The fourth-order valence-corrected chi connectivity index (χ4v) is 1.72. The lowest BCUT2D eigenvalue weighted by molar-refractivity contribution is 0.476. The fourth-order valence-electron chi connectivity index (χ4n) is 1.28. The van der Waals surface area contributed by atoms with E-state index in [9.17, 15) is 4.39 Å². The van der Waals surface area contributed by atoms with Crippen LogP contribution in [0, 0.1) is 5.82 Å². The molecule has 4 nitrogen and oxygen atoms in total. The monoisotopic (exact) mass is 297 g/mol. The molecular formula is C11H9BrFN3O. The number of anilines is 1. The molecule has 0 saturated heterocycles. The second-order valence-corrected chi connectivity index (χ2v) is 4.14. The highest BCUT2D eigenvalue weighted by molar-refractivity contribution is 9.10. The fraction of sp³-hybridized carbons (Fsp3) is 0. The van der Waals surface area contributed by atoms with Gasteiger partial charge in [-0.3, -0.25) is 0 Å². The van der Waals surface area contributed by atoms with Gasteiger partial charge in [-0.2, -0.15) is 0 Å². The number of hydrogen-bond donors (Lipinski definition) is 2. The third-order valence-corrected chi connectivity index (χ3v) is 2.41. The van der Waals surface area contributed by atoms with E-state index in [0.29, 0.717) is 21.8 Å². The minimum atomic E-state index is -0.374. The van der Waals surface area contributed by atoms with Gasteiger partial charge in [0.25, 0.3) is 0 Å². The molecule has 1 aromatic heterocycles. The molecule has 2 rings (SSSR count). The van der Waals surface area contributed by atoms with Crippen LogP contribution in [0.25, 0.3) is 0 Å². The highest BCUT2D eigenvalue weighted by atomic mass is 79.9. The summed E-state index contributed by atoms with van der Waals surface area (Å²) >= 11 is 3.19. The molecule has 0 saturated carbocycles. The summed E-state index contributed by atoms with van der Waals surface area (Å²) in [4.78, 5) is 3.94. The number of aromatic nitrogens is 1. The van der Waals surface area contributed by atoms with E-state index >= 15 is 0 Å². The standard InChI is InChI=1S/C11H9BrFN3O/c12-7-3-8(13)5-10(4-7)17-9-1-2-15-11(6-9)16-14/h1-6H,14H2,(H,15,16). The van der Waals surface area contributed by atoms with Crippen LogP contribution in [0.4, 0.5) is 10.2 Å². The Balaban J connectivity index is 2.24. The van der Waals surface area contributed by atoms with E-state index < -0.39 is 0 Å². The lowest BCUT2D eigenvalue weighted by Gasteiger charge is -2.07. The molecule has 0 aliphatic carbocycles. The number of nitrogen functional groups attached to an aromatic ring is 1. The van der Waals surface area contributed by atoms with Crippen LogP contribution in [0.2, 0.25) is 0 Å². The molecule has 0 fully saturated rings. The number of hydrazine groups is 1. The van der Waals surface area contributed by atoms with E-state index in [2.05, 4.69) is 26.3 Å². The van der Waals surface area contributed by atoms with Crippen LogP contribution in [-0.2, 0) is 0 Å². The van der Waals surface area contributed by atoms with Crippen molar-refractivity contribution in [1.82, 2.24) is 4.98 Å². The molecule has 1 heterocycles. The van der Waals surface area contributed by atoms with Crippen LogP contribution in [0.1, 0.15) is 0 Å². The largest absolute Gasteiger partial charge is 0.457 e. The lowest BCUT2D eigenvalue weighted by Crippen LogP contribution is -2.08. The minimum Gasteiger partial charge on any atom is -0.457 e. The Morgan fingerprint density at radius 3 is 2.76 bits per heavy atom. The van der Waals surface area contributed by atoms with Crippen LogP contribution in [0.3, 0.4) is 0 Å². The topological polar surface area (TPSA) is 60.2 Å². The van der Waals surface area contributed by atoms with Crippen LogP contribution >= 0.6 is 15.9 Å². The third kappa shape index (κ3) is 3.15. The van der Waals surface area contributed by atoms with Crippen LogP contribution in [-0.4, -0.2) is 4.98 Å². The van der Waals surface area contributed by atoms with Crippen molar-refractivity contribution in [3.05, 3.63) is 46.8 Å². The van der Waals surface area contributed by atoms with E-state index in [1.165, 1.54) is 12.1 Å². The zero-order valence-corrected chi connectivity index (χ0v) is 10.2. The van der Waals surface area contributed by atoms with Gasteiger partial charge in [0.05, 0.1) is 0 Å². The molecule has 6 heteroatoms. The van der Waals surface area contributed by atoms with Crippen molar-refractivity contribution in [3.8, 4) is 11.5 Å². The van der Waals surface area contributed by atoms with Gasteiger partial charge in [-0.1, -0.05) is 15.9 Å². The molecule has 0 aliphatic rings. The quantitative estimate of drug-likeness (QED) is 0.675. The zero-order valence-electron chi connectivity index (χ0n) is 8.65. The number of nitrogens with one attached hydrogen (secondary N) is 1. The van der Waals surface area contributed by atoms with Gasteiger partial charge >= 0.3 is 0 Å². The van der Waals surface area contributed by atoms with Crippen molar-refractivity contribution in [2.75, 3.05) is 5.43 Å². The van der Waals surface area contributed by atoms with Crippen molar-refractivity contribution in [3.63, 3.8) is 0 Å². The normalized spacial score (nSPS) is 10.1. The molecule has 3 N–H and O–H groups in total. The summed E-state index contributed by atoms with van der Waals surface area (Å²) < 4.78 is 19.2. The molecule has 0 unspecified atom stereocenters. The third-order valence-electron chi connectivity index (χ3n) is 1.95. The predicted molar refractivity (Wildman–Crippen MR) is 66.2 cm³/mol. The molecule has 1 aromatic carbocycles. The first kappa shape index (κ1) is 11.8. The van der Waals surface area contributed by atoms with Gasteiger partial charge in [0.2, 0.25) is 0 Å². The summed E-state index contributed by atoms with van der Waals surface area (Å²) in [5.41, 5.74) is 2.40. The maximum absolute atomic E-state index is 13.1. The summed E-state index contributed by atoms with van der Waals surface area (Å²) in [5, 5.41) is 0. The second-order valence-electron chi connectivity index (χ2n) is 3.23. The van der Waals surface area contributed by atoms with E-state index in [4.69, 9.17) is 10.6 Å². The number of benzene rings is 1. The molecule has 2 aromatic rings. The van der Waals surface area contributed by atoms with Gasteiger partial charge in [0.15, 0.2) is 0 Å². The summed E-state index contributed by atoms with van der Waals surface area (Å²) in [5.74, 6) is 6.23. The van der Waals surface area contributed by atoms with Gasteiger partial charge in [0.1, 0.15) is 23.1 Å². The number of halogens is 2. The molecule has 0 amide bonds. The van der Waals surface area contributed by atoms with Crippen LogP contribution in [0.5, 0.6) is 11.5 Å². The first-order valence-electron chi connectivity index (χ1n) is 4.74. The van der Waals surface area contributed by atoms with Crippen molar-refractivity contribution in [1.29, 1.82) is 0 Å². The van der Waals surface area contributed by atoms with Crippen molar-refractivity contribution >= 4 is 21.7 Å². The van der Waals surface area contributed by atoms with Gasteiger partial charge in [-0.15, -0.1) is 0 Å². The molecule has 0 bridgehead atoms. The maximum Gasteiger partial charge on any atom is 0.143 e. The Morgan fingerprint density at radius 2 is 2.06 bits per heavy atom. The SMILES string of the molecule is NNc1cc(Oc2cc(F)cc(Br)c2)ccn1. The first-order valence-corrected chi connectivity index (χ1v) is 5.53. The highest BCUT2D eigenvalue weighted by Gasteiger charge is 2.02. The Labute approximate surface area is 106 Å². The summed E-state index contributed by atoms with van der Waals surface area (Å²) in [7, 11) is 0. The molecule has 0 spiro atoms. The lowest BCUT2D eigenvalue weighted by atomic mass is 10.3. The van der Waals surface area contributed by atoms with Crippen LogP contribution < -0.4 is 16.0 Å². The number of nitrogens with two attached hydrogens (primary N) is 1. The van der Waals surface area contributed by atoms with E-state index in [-0.39, 0.29) is 5.82 Å². The number of ether oxygens (including phenoxy) is 1. The molecular weight excluding hydrogens is 289 g/mol. The Kier molecular flexibility index (Phi) is 3.55. The van der Waals surface area contributed by atoms with Gasteiger partial charge in [0, 0.05) is 22.8 Å². The van der Waals surface area contributed by atoms with E-state index in [0.717, 1.165) is 0 Å². The number of pyridine rings is 1. The summed E-state index contributed by atoms with van der Waals surface area (Å²) in [6.45, 7) is 0. The van der Waals surface area contributed by atoms with Gasteiger partial charge in [-0.25, -0.2) is 15.2 Å². The smallest absolute Gasteiger partial charge is 0.143 e. The summed E-state index contributed by atoms with van der Waals surface area (Å²) in [6, 6.07) is 7.57. The number of nitrogens with zero attached hydrogens (tertiary/aromatic N) is 1. The highest BCUT2D eigenvalue weighted by Crippen LogP contribution is 2.26. The second kappa shape index (κ2) is 5.11. The minimum absolute atomic E-state index is 0.374. The maximum atomic E-state index is 13.1. The van der Waals surface area contributed by atoms with Crippen molar-refractivity contribution in [2.45, 2.75) is 0 Å². The summed E-state index contributed by atoms with van der Waals surface area (Å²) in [6.07, 6.45) is 1.54. The van der Waals surface area contributed by atoms with Crippen molar-refractivity contribution < 1.29 is 9.13 Å². The zero-order chi connectivity index (χ0) is 12.3. The molecule has 17 heavy (non-hydrogen) atoms. The molecule has 0 radical (unpaired) electrons. The Hall–Kier alpha value is -1.66. The van der Waals surface area contributed by atoms with Gasteiger partial charge < -0.3 is 10.2 Å². The Bertz CT molecular complexity index is 516. The average molecular weight is 298 g/mol. The number of hydrogen-bond acceptors (Lipinski definition) is 4. The molecule has 0 atom stereocenters. The van der Waals surface area contributed by atoms with Crippen LogP contribution in [0.15, 0.2) is 41.0 Å². The first-order chi connectivity index (χ1) is 8.17. The van der Waals surface area contributed by atoms with E-state index in [1.54, 1.807) is 24.4 Å².